The molecule has 6 heteroatoms. The number of allylic oxidation sites excluding steroid dienone is 4. The van der Waals surface area contributed by atoms with Crippen LogP contribution in [0.1, 0.15) is 206 Å². The first kappa shape index (κ1) is 46.8. The van der Waals surface area contributed by atoms with Gasteiger partial charge in [-0.3, -0.25) is 4.79 Å². The molecule has 1 amide bonds. The molecule has 4 unspecified atom stereocenters. The predicted molar refractivity (Wildman–Crippen MR) is 205 cm³/mol. The summed E-state index contributed by atoms with van der Waals surface area (Å²) in [5.74, 6) is -0.611. The molecule has 0 aromatic carbocycles. The molecule has 6 nitrogen and oxygen atoms in total. The lowest BCUT2D eigenvalue weighted by molar-refractivity contribution is -0.132. The topological polar surface area (TPSA) is 110 Å². The van der Waals surface area contributed by atoms with Crippen molar-refractivity contribution < 1.29 is 25.2 Å². The Morgan fingerprint density at radius 3 is 1.25 bits per heavy atom. The number of carbonyl (C=O) groups excluding carboxylic acids is 1. The molecule has 0 aliphatic heterocycles. The van der Waals surface area contributed by atoms with E-state index in [1.807, 2.05) is 0 Å². The molecule has 48 heavy (non-hydrogen) atoms. The fraction of sp³-hybridized carbons (Fsp3) is 0.881. The van der Waals surface area contributed by atoms with Gasteiger partial charge in [0.1, 0.15) is 12.2 Å². The third-order valence-electron chi connectivity index (χ3n) is 9.63. The van der Waals surface area contributed by atoms with Gasteiger partial charge in [-0.25, -0.2) is 0 Å². The van der Waals surface area contributed by atoms with Gasteiger partial charge < -0.3 is 25.7 Å². The van der Waals surface area contributed by atoms with Gasteiger partial charge in [-0.2, -0.15) is 0 Å². The number of amides is 1. The molecule has 0 aromatic rings. The summed E-state index contributed by atoms with van der Waals surface area (Å²) >= 11 is 0. The van der Waals surface area contributed by atoms with Crippen LogP contribution in [0.15, 0.2) is 24.3 Å². The van der Waals surface area contributed by atoms with Crippen molar-refractivity contribution >= 4 is 5.91 Å². The van der Waals surface area contributed by atoms with Crippen molar-refractivity contribution in [2.24, 2.45) is 0 Å². The van der Waals surface area contributed by atoms with E-state index in [1.54, 1.807) is 0 Å². The molecule has 0 aliphatic rings. The number of hydrogen-bond acceptors (Lipinski definition) is 5. The van der Waals surface area contributed by atoms with E-state index in [0.717, 1.165) is 44.9 Å². The molecule has 0 radical (unpaired) electrons. The summed E-state index contributed by atoms with van der Waals surface area (Å²) in [4.78, 5) is 12.4. The van der Waals surface area contributed by atoms with Crippen molar-refractivity contribution in [3.8, 4) is 0 Å². The second kappa shape index (κ2) is 37.1. The average molecular weight is 680 g/mol. The molecule has 0 aromatic heterocycles. The molecule has 0 aliphatic carbocycles. The van der Waals surface area contributed by atoms with E-state index in [9.17, 15) is 25.2 Å². The lowest BCUT2D eigenvalue weighted by Gasteiger charge is -2.27. The molecule has 0 spiro atoms. The average Bonchev–Trinajstić information content (AvgIpc) is 3.09. The van der Waals surface area contributed by atoms with E-state index in [4.69, 9.17) is 0 Å². The Kier molecular flexibility index (Phi) is 36.1. The van der Waals surface area contributed by atoms with Crippen LogP contribution in [0.4, 0.5) is 0 Å². The minimum Gasteiger partial charge on any atom is -0.394 e. The molecule has 0 saturated carbocycles. The summed E-state index contributed by atoms with van der Waals surface area (Å²) < 4.78 is 0. The SMILES string of the molecule is CCCCCCCC/C=C\CCCCC(O)C(=O)NC(CO)C(O)C(O)CCC/C=C/CCCCCCCCCCCCCCCCC. The molecule has 0 saturated heterocycles. The van der Waals surface area contributed by atoms with Crippen LogP contribution in [0.3, 0.4) is 0 Å². The fourth-order valence-corrected chi connectivity index (χ4v) is 6.28. The van der Waals surface area contributed by atoms with Gasteiger partial charge in [0.05, 0.1) is 18.8 Å². The van der Waals surface area contributed by atoms with Gasteiger partial charge in [-0.15, -0.1) is 0 Å². The van der Waals surface area contributed by atoms with Crippen molar-refractivity contribution in [2.45, 2.75) is 231 Å². The number of unbranched alkanes of at least 4 members (excludes halogenated alkanes) is 24. The van der Waals surface area contributed by atoms with Gasteiger partial charge in [0.25, 0.3) is 0 Å². The minimum atomic E-state index is -1.28. The fourth-order valence-electron chi connectivity index (χ4n) is 6.28. The van der Waals surface area contributed by atoms with E-state index >= 15 is 0 Å². The Bertz CT molecular complexity index is 727. The van der Waals surface area contributed by atoms with Crippen molar-refractivity contribution in [2.75, 3.05) is 6.61 Å². The number of carbonyl (C=O) groups is 1. The summed E-state index contributed by atoms with van der Waals surface area (Å²) in [7, 11) is 0. The second-order valence-electron chi connectivity index (χ2n) is 14.3. The van der Waals surface area contributed by atoms with Crippen molar-refractivity contribution in [3.63, 3.8) is 0 Å². The van der Waals surface area contributed by atoms with Crippen LogP contribution in [-0.2, 0) is 4.79 Å². The van der Waals surface area contributed by atoms with Gasteiger partial charge in [0.15, 0.2) is 0 Å². The highest BCUT2D eigenvalue weighted by atomic mass is 16.3. The van der Waals surface area contributed by atoms with Gasteiger partial charge >= 0.3 is 0 Å². The number of aliphatic hydroxyl groups is 4. The first-order valence-corrected chi connectivity index (χ1v) is 20.7. The van der Waals surface area contributed by atoms with Crippen LogP contribution >= 0.6 is 0 Å². The highest BCUT2D eigenvalue weighted by molar-refractivity contribution is 5.80. The Hall–Kier alpha value is -1.21. The van der Waals surface area contributed by atoms with E-state index in [-0.39, 0.29) is 0 Å². The first-order chi connectivity index (χ1) is 23.5. The Morgan fingerprint density at radius 2 is 0.854 bits per heavy atom. The zero-order chi connectivity index (χ0) is 35.3. The van der Waals surface area contributed by atoms with Crippen molar-refractivity contribution in [1.82, 2.24) is 5.32 Å². The largest absolute Gasteiger partial charge is 0.394 e. The molecule has 0 rings (SSSR count). The van der Waals surface area contributed by atoms with E-state index in [1.165, 1.54) is 135 Å². The van der Waals surface area contributed by atoms with Gasteiger partial charge in [0, 0.05) is 0 Å². The van der Waals surface area contributed by atoms with E-state index < -0.39 is 36.9 Å². The maximum absolute atomic E-state index is 12.4. The maximum atomic E-state index is 12.4. The molecule has 0 fully saturated rings. The monoisotopic (exact) mass is 680 g/mol. The summed E-state index contributed by atoms with van der Waals surface area (Å²) in [6, 6.07) is -1.01. The normalized spacial score (nSPS) is 14.5. The standard InChI is InChI=1S/C42H81NO5/c1-3-5-7-9-11-13-15-17-18-19-20-21-22-23-24-26-27-29-31-33-35-39(45)41(47)38(37-44)43-42(48)40(46)36-34-32-30-28-25-16-14-12-10-8-6-4-2/h25,27-29,38-41,44-47H,3-24,26,30-37H2,1-2H3,(H,43,48)/b28-25-,29-27+. The van der Waals surface area contributed by atoms with Crippen LogP contribution in [0.5, 0.6) is 0 Å². The third kappa shape index (κ3) is 30.8. The number of aliphatic hydroxyl groups excluding tert-OH is 4. The van der Waals surface area contributed by atoms with Crippen molar-refractivity contribution in [3.05, 3.63) is 24.3 Å². The predicted octanol–water partition coefficient (Wildman–Crippen LogP) is 10.4. The first-order valence-electron chi connectivity index (χ1n) is 20.7. The number of hydrogen-bond donors (Lipinski definition) is 5. The van der Waals surface area contributed by atoms with Crippen LogP contribution in [0.2, 0.25) is 0 Å². The van der Waals surface area contributed by atoms with Crippen molar-refractivity contribution in [1.29, 1.82) is 0 Å². The Morgan fingerprint density at radius 1 is 0.500 bits per heavy atom. The highest BCUT2D eigenvalue weighted by Crippen LogP contribution is 2.15. The van der Waals surface area contributed by atoms with Crippen LogP contribution in [0.25, 0.3) is 0 Å². The molecular weight excluding hydrogens is 598 g/mol. The number of nitrogens with one attached hydrogen (secondary N) is 1. The van der Waals surface area contributed by atoms with E-state index in [2.05, 4.69) is 43.5 Å². The number of rotatable bonds is 37. The highest BCUT2D eigenvalue weighted by Gasteiger charge is 2.28. The molecule has 4 atom stereocenters. The van der Waals surface area contributed by atoms with Gasteiger partial charge in [0.2, 0.25) is 5.91 Å². The summed E-state index contributed by atoms with van der Waals surface area (Å²) in [6.07, 6.45) is 40.7. The molecular formula is C42H81NO5. The zero-order valence-corrected chi connectivity index (χ0v) is 31.7. The maximum Gasteiger partial charge on any atom is 0.249 e. The molecule has 0 bridgehead atoms. The Balaban J connectivity index is 3.80. The lowest BCUT2D eigenvalue weighted by atomic mass is 10.00. The quantitative estimate of drug-likeness (QED) is 0.0332. The zero-order valence-electron chi connectivity index (χ0n) is 31.7. The van der Waals surface area contributed by atoms with Crippen LogP contribution in [-0.4, -0.2) is 57.3 Å². The minimum absolute atomic E-state index is 0.333. The summed E-state index contributed by atoms with van der Waals surface area (Å²) in [6.45, 7) is 4.01. The third-order valence-corrected chi connectivity index (χ3v) is 9.63. The van der Waals surface area contributed by atoms with E-state index in [0.29, 0.717) is 12.8 Å². The Labute approximate surface area is 297 Å². The van der Waals surface area contributed by atoms with Gasteiger partial charge in [-0.1, -0.05) is 167 Å². The van der Waals surface area contributed by atoms with Crippen LogP contribution < -0.4 is 5.32 Å². The molecule has 0 heterocycles. The summed E-state index contributed by atoms with van der Waals surface area (Å²) in [5.41, 5.74) is 0. The summed E-state index contributed by atoms with van der Waals surface area (Å²) in [5, 5.41) is 43.5. The second-order valence-corrected chi connectivity index (χ2v) is 14.3. The lowest BCUT2D eigenvalue weighted by Crippen LogP contribution is -2.53. The van der Waals surface area contributed by atoms with Crippen LogP contribution in [0, 0.1) is 0 Å². The smallest absolute Gasteiger partial charge is 0.249 e. The molecule has 284 valence electrons. The van der Waals surface area contributed by atoms with Gasteiger partial charge in [-0.05, 0) is 64.2 Å². The molecule has 5 N–H and O–H groups in total.